The maximum absolute atomic E-state index is 8.85. The second kappa shape index (κ2) is 5.13. The van der Waals surface area contributed by atoms with Gasteiger partial charge in [0.1, 0.15) is 0 Å². The van der Waals surface area contributed by atoms with Crippen molar-refractivity contribution in [2.24, 2.45) is 5.73 Å². The number of hydrogen-bond acceptors (Lipinski definition) is 2. The number of rotatable bonds is 4. The van der Waals surface area contributed by atoms with Gasteiger partial charge in [-0.2, -0.15) is 0 Å². The molecule has 3 N–H and O–H groups in total. The van der Waals surface area contributed by atoms with Crippen LogP contribution in [0.5, 0.6) is 0 Å². The lowest BCUT2D eigenvalue weighted by molar-refractivity contribution is 0.276. The molecule has 0 bridgehead atoms. The average Bonchev–Trinajstić information content (AvgIpc) is 2.18. The zero-order valence-corrected chi connectivity index (χ0v) is 8.96. The van der Waals surface area contributed by atoms with Gasteiger partial charge in [0.15, 0.2) is 0 Å². The second-order valence-corrected chi connectivity index (χ2v) is 3.67. The molecule has 0 aromatic heterocycles. The van der Waals surface area contributed by atoms with E-state index in [4.69, 9.17) is 10.8 Å². The lowest BCUT2D eigenvalue weighted by Crippen LogP contribution is -2.14. The van der Waals surface area contributed by atoms with Crippen molar-refractivity contribution in [2.45, 2.75) is 32.7 Å². The highest BCUT2D eigenvalue weighted by Gasteiger charge is 2.09. The Morgan fingerprint density at radius 2 is 2.14 bits per heavy atom. The number of nitrogens with two attached hydrogens (primary N) is 1. The van der Waals surface area contributed by atoms with E-state index in [0.29, 0.717) is 6.42 Å². The fourth-order valence-corrected chi connectivity index (χ4v) is 1.68. The molecule has 14 heavy (non-hydrogen) atoms. The monoisotopic (exact) mass is 193 g/mol. The maximum Gasteiger partial charge on any atom is 0.0449 e. The molecule has 1 aromatic carbocycles. The minimum absolute atomic E-state index is 0.0325. The first-order valence-corrected chi connectivity index (χ1v) is 5.15. The number of aliphatic hydroxyl groups excluding tert-OH is 1. The van der Waals surface area contributed by atoms with Crippen molar-refractivity contribution in [1.82, 2.24) is 0 Å². The summed E-state index contributed by atoms with van der Waals surface area (Å²) in [7, 11) is 0. The smallest absolute Gasteiger partial charge is 0.0449 e. The number of aliphatic hydroxyl groups is 1. The summed E-state index contributed by atoms with van der Waals surface area (Å²) in [6.45, 7) is 4.34. The Morgan fingerprint density at radius 3 is 2.71 bits per heavy atom. The van der Waals surface area contributed by atoms with Crippen LogP contribution in [-0.2, 0) is 6.42 Å². The molecule has 0 fully saturated rings. The molecule has 1 aromatic rings. The molecule has 1 unspecified atom stereocenters. The maximum atomic E-state index is 8.85. The van der Waals surface area contributed by atoms with Crippen molar-refractivity contribution < 1.29 is 5.11 Å². The second-order valence-electron chi connectivity index (χ2n) is 3.67. The van der Waals surface area contributed by atoms with Gasteiger partial charge in [0.05, 0.1) is 0 Å². The Hall–Kier alpha value is -0.860. The summed E-state index contributed by atoms with van der Waals surface area (Å²) in [6.07, 6.45) is 1.63. The van der Waals surface area contributed by atoms with Gasteiger partial charge in [0, 0.05) is 12.6 Å². The van der Waals surface area contributed by atoms with Crippen molar-refractivity contribution >= 4 is 0 Å². The Kier molecular flexibility index (Phi) is 4.11. The van der Waals surface area contributed by atoms with Gasteiger partial charge in [0.2, 0.25) is 0 Å². The Balaban J connectivity index is 2.97. The Labute approximate surface area is 85.8 Å². The van der Waals surface area contributed by atoms with Gasteiger partial charge in [0.25, 0.3) is 0 Å². The third kappa shape index (κ3) is 2.56. The summed E-state index contributed by atoms with van der Waals surface area (Å²) < 4.78 is 0. The fourth-order valence-electron chi connectivity index (χ4n) is 1.68. The summed E-state index contributed by atoms with van der Waals surface area (Å²) in [5.41, 5.74) is 9.69. The number of hydrogen-bond donors (Lipinski definition) is 2. The van der Waals surface area contributed by atoms with Crippen molar-refractivity contribution in [3.8, 4) is 0 Å². The quantitative estimate of drug-likeness (QED) is 0.767. The molecule has 2 heteroatoms. The summed E-state index contributed by atoms with van der Waals surface area (Å²) in [4.78, 5) is 0. The van der Waals surface area contributed by atoms with Crippen molar-refractivity contribution in [2.75, 3.05) is 6.61 Å². The van der Waals surface area contributed by atoms with E-state index in [1.807, 2.05) is 0 Å². The highest BCUT2D eigenvalue weighted by molar-refractivity contribution is 5.33. The summed E-state index contributed by atoms with van der Waals surface area (Å²) in [6, 6.07) is 6.32. The van der Waals surface area contributed by atoms with E-state index >= 15 is 0 Å². The van der Waals surface area contributed by atoms with E-state index in [1.54, 1.807) is 0 Å². The highest BCUT2D eigenvalue weighted by atomic mass is 16.3. The van der Waals surface area contributed by atoms with Crippen molar-refractivity contribution in [3.05, 3.63) is 34.9 Å². The lowest BCUT2D eigenvalue weighted by Gasteiger charge is -2.15. The van der Waals surface area contributed by atoms with Crippen molar-refractivity contribution in [1.29, 1.82) is 0 Å². The van der Waals surface area contributed by atoms with E-state index in [1.165, 1.54) is 16.7 Å². The summed E-state index contributed by atoms with van der Waals surface area (Å²) in [5, 5.41) is 8.85. The molecule has 1 atom stereocenters. The molecule has 0 amide bonds. The van der Waals surface area contributed by atoms with Crippen LogP contribution in [0.2, 0.25) is 0 Å². The highest BCUT2D eigenvalue weighted by Crippen LogP contribution is 2.20. The van der Waals surface area contributed by atoms with E-state index in [9.17, 15) is 0 Å². The van der Waals surface area contributed by atoms with Crippen LogP contribution in [0.15, 0.2) is 18.2 Å². The van der Waals surface area contributed by atoms with Gasteiger partial charge in [-0.15, -0.1) is 0 Å². The van der Waals surface area contributed by atoms with Gasteiger partial charge in [-0.05, 0) is 30.9 Å². The van der Waals surface area contributed by atoms with Crippen molar-refractivity contribution in [3.63, 3.8) is 0 Å². The van der Waals surface area contributed by atoms with Gasteiger partial charge in [-0.25, -0.2) is 0 Å². The minimum atomic E-state index is -0.0325. The third-order valence-corrected chi connectivity index (χ3v) is 2.52. The molecular weight excluding hydrogens is 174 g/mol. The molecule has 0 saturated carbocycles. The predicted octanol–water partition coefficient (Wildman–Crippen LogP) is 1.94. The summed E-state index contributed by atoms with van der Waals surface area (Å²) in [5.74, 6) is 0. The molecule has 2 nitrogen and oxygen atoms in total. The standard InChI is InChI=1S/C12H19NO/c1-3-10-5-4-9(2)8-11(10)12(13)6-7-14/h4-5,8,12,14H,3,6-7,13H2,1-2H3. The van der Waals surface area contributed by atoms with Crippen LogP contribution in [0.25, 0.3) is 0 Å². The molecule has 0 aliphatic rings. The zero-order valence-electron chi connectivity index (χ0n) is 8.96. The first kappa shape index (κ1) is 11.2. The first-order chi connectivity index (χ1) is 6.69. The van der Waals surface area contributed by atoms with Gasteiger partial charge in [-0.1, -0.05) is 30.7 Å². The Morgan fingerprint density at radius 1 is 1.43 bits per heavy atom. The van der Waals surface area contributed by atoms with E-state index in [2.05, 4.69) is 32.0 Å². The fraction of sp³-hybridized carbons (Fsp3) is 0.500. The summed E-state index contributed by atoms with van der Waals surface area (Å²) >= 11 is 0. The topological polar surface area (TPSA) is 46.2 Å². The van der Waals surface area contributed by atoms with Crippen LogP contribution in [0, 0.1) is 6.92 Å². The Bertz CT molecular complexity index is 296. The van der Waals surface area contributed by atoms with Gasteiger partial charge in [-0.3, -0.25) is 0 Å². The molecule has 78 valence electrons. The minimum Gasteiger partial charge on any atom is -0.396 e. The van der Waals surface area contributed by atoms with E-state index in [-0.39, 0.29) is 12.6 Å². The predicted molar refractivity (Wildman–Crippen MR) is 59.2 cm³/mol. The largest absolute Gasteiger partial charge is 0.396 e. The molecule has 0 aliphatic carbocycles. The lowest BCUT2D eigenvalue weighted by atomic mass is 9.95. The molecular formula is C12H19NO. The van der Waals surface area contributed by atoms with Gasteiger partial charge < -0.3 is 10.8 Å². The normalized spacial score (nSPS) is 12.9. The zero-order chi connectivity index (χ0) is 10.6. The van der Waals surface area contributed by atoms with Crippen LogP contribution in [-0.4, -0.2) is 11.7 Å². The van der Waals surface area contributed by atoms with Crippen LogP contribution in [0.4, 0.5) is 0 Å². The SMILES string of the molecule is CCc1ccc(C)cc1C(N)CCO. The average molecular weight is 193 g/mol. The number of benzene rings is 1. The third-order valence-electron chi connectivity index (χ3n) is 2.52. The van der Waals surface area contributed by atoms with Crippen LogP contribution in [0.3, 0.4) is 0 Å². The van der Waals surface area contributed by atoms with Crippen LogP contribution < -0.4 is 5.73 Å². The molecule has 0 radical (unpaired) electrons. The van der Waals surface area contributed by atoms with Crippen LogP contribution >= 0.6 is 0 Å². The van der Waals surface area contributed by atoms with Crippen LogP contribution in [0.1, 0.15) is 36.1 Å². The number of aryl methyl sites for hydroxylation is 2. The van der Waals surface area contributed by atoms with E-state index < -0.39 is 0 Å². The van der Waals surface area contributed by atoms with Gasteiger partial charge >= 0.3 is 0 Å². The molecule has 1 rings (SSSR count). The first-order valence-electron chi connectivity index (χ1n) is 5.15. The molecule has 0 saturated heterocycles. The molecule has 0 spiro atoms. The van der Waals surface area contributed by atoms with E-state index in [0.717, 1.165) is 6.42 Å². The molecule has 0 heterocycles. The molecule has 0 aliphatic heterocycles.